The van der Waals surface area contributed by atoms with Crippen LogP contribution in [0.5, 0.6) is 5.75 Å². The van der Waals surface area contributed by atoms with E-state index in [4.69, 9.17) is 21.5 Å². The number of anilines is 1. The van der Waals surface area contributed by atoms with Gasteiger partial charge in [0.15, 0.2) is 0 Å². The van der Waals surface area contributed by atoms with E-state index in [1.165, 1.54) is 25.3 Å². The van der Waals surface area contributed by atoms with Gasteiger partial charge in [0.2, 0.25) is 15.9 Å². The zero-order chi connectivity index (χ0) is 20.0. The van der Waals surface area contributed by atoms with Gasteiger partial charge in [-0.1, -0.05) is 11.6 Å². The first-order valence-corrected chi connectivity index (χ1v) is 9.67. The van der Waals surface area contributed by atoms with E-state index in [0.29, 0.717) is 10.6 Å². The molecule has 0 radical (unpaired) electrons. The molecule has 0 heterocycles. The predicted octanol–water partition coefficient (Wildman–Crippen LogP) is 1.75. The fourth-order valence-electron chi connectivity index (χ4n) is 2.19. The van der Waals surface area contributed by atoms with Crippen molar-refractivity contribution >= 4 is 39.1 Å². The van der Waals surface area contributed by atoms with E-state index in [2.05, 4.69) is 10.6 Å². The molecule has 0 aliphatic rings. The molecular formula is C17H18ClN3O5S. The number of rotatable bonds is 7. The van der Waals surface area contributed by atoms with Crippen molar-refractivity contribution < 1.29 is 22.7 Å². The molecule has 0 aliphatic carbocycles. The van der Waals surface area contributed by atoms with E-state index in [0.717, 1.165) is 0 Å². The Morgan fingerprint density at radius 3 is 2.41 bits per heavy atom. The highest BCUT2D eigenvalue weighted by Gasteiger charge is 2.16. The number of hydrogen-bond acceptors (Lipinski definition) is 5. The second kappa shape index (κ2) is 8.85. The Hall–Kier alpha value is -2.62. The number of nitrogens with one attached hydrogen (secondary N) is 2. The molecule has 2 aromatic rings. The van der Waals surface area contributed by atoms with E-state index < -0.39 is 15.9 Å². The molecule has 8 nitrogen and oxygen atoms in total. The van der Waals surface area contributed by atoms with E-state index >= 15 is 0 Å². The molecule has 2 amide bonds. The molecule has 0 bridgehead atoms. The highest BCUT2D eigenvalue weighted by molar-refractivity contribution is 7.89. The van der Waals surface area contributed by atoms with Gasteiger partial charge in [0.05, 0.1) is 7.11 Å². The van der Waals surface area contributed by atoms with Crippen molar-refractivity contribution in [3.8, 4) is 5.75 Å². The monoisotopic (exact) mass is 411 g/mol. The molecular weight excluding hydrogens is 394 g/mol. The molecule has 0 atom stereocenters. The van der Waals surface area contributed by atoms with E-state index in [1.807, 2.05) is 0 Å². The first-order valence-electron chi connectivity index (χ1n) is 7.75. The number of nitrogens with two attached hydrogens (primary N) is 1. The number of carbonyl (C=O) groups is 2. The third kappa shape index (κ3) is 5.95. The Morgan fingerprint density at radius 1 is 1.15 bits per heavy atom. The molecule has 2 rings (SSSR count). The van der Waals surface area contributed by atoms with Gasteiger partial charge in [-0.3, -0.25) is 9.59 Å². The van der Waals surface area contributed by atoms with E-state index in [-0.39, 0.29) is 35.2 Å². The lowest BCUT2D eigenvalue weighted by Crippen LogP contribution is -2.27. The Kier molecular flexibility index (Phi) is 6.78. The molecule has 0 spiro atoms. The number of halogens is 1. The molecule has 4 N–H and O–H groups in total. The Bertz CT molecular complexity index is 946. The maximum Gasteiger partial charge on any atom is 0.251 e. The van der Waals surface area contributed by atoms with Gasteiger partial charge in [-0.2, -0.15) is 0 Å². The molecule has 0 fully saturated rings. The Balaban J connectivity index is 1.92. The van der Waals surface area contributed by atoms with Crippen LogP contribution in [-0.4, -0.2) is 33.9 Å². The van der Waals surface area contributed by atoms with Crippen molar-refractivity contribution in [2.24, 2.45) is 5.14 Å². The standard InChI is InChI=1S/C17H18ClN3O5S/c1-26-14-7-6-13(10-15(14)27(19,24)25)21-16(22)8-9-20-17(23)11-2-4-12(18)5-3-11/h2-7,10H,8-9H2,1H3,(H,20,23)(H,21,22)(H2,19,24,25). The minimum absolute atomic E-state index is 0.00390. The number of benzene rings is 2. The summed E-state index contributed by atoms with van der Waals surface area (Å²) in [5.41, 5.74) is 0.668. The van der Waals surface area contributed by atoms with Crippen LogP contribution < -0.4 is 20.5 Å². The first kappa shape index (κ1) is 20.7. The van der Waals surface area contributed by atoms with Crippen LogP contribution in [0.3, 0.4) is 0 Å². The summed E-state index contributed by atoms with van der Waals surface area (Å²) in [6, 6.07) is 10.4. The lowest BCUT2D eigenvalue weighted by atomic mass is 10.2. The summed E-state index contributed by atoms with van der Waals surface area (Å²) in [4.78, 5) is 23.7. The molecule has 27 heavy (non-hydrogen) atoms. The number of primary sulfonamides is 1. The maximum atomic E-state index is 12.0. The summed E-state index contributed by atoms with van der Waals surface area (Å²) in [6.07, 6.45) is -0.00390. The molecule has 0 saturated heterocycles. The van der Waals surface area contributed by atoms with Crippen molar-refractivity contribution in [3.05, 3.63) is 53.1 Å². The van der Waals surface area contributed by atoms with Crippen LogP contribution in [0, 0.1) is 0 Å². The lowest BCUT2D eigenvalue weighted by Gasteiger charge is -2.10. The second-order valence-corrected chi connectivity index (χ2v) is 7.44. The third-order valence-corrected chi connectivity index (χ3v) is 4.68. The minimum Gasteiger partial charge on any atom is -0.495 e. The summed E-state index contributed by atoms with van der Waals surface area (Å²) in [7, 11) is -2.70. The number of ether oxygens (including phenoxy) is 1. The SMILES string of the molecule is COc1ccc(NC(=O)CCNC(=O)c2ccc(Cl)cc2)cc1S(N)(=O)=O. The first-order chi connectivity index (χ1) is 12.7. The summed E-state index contributed by atoms with van der Waals surface area (Å²) >= 11 is 5.76. The third-order valence-electron chi connectivity index (χ3n) is 3.50. The molecule has 0 aliphatic heterocycles. The van der Waals surface area contributed by atoms with Crippen LogP contribution >= 0.6 is 11.6 Å². The summed E-state index contributed by atoms with van der Waals surface area (Å²) < 4.78 is 28.1. The summed E-state index contributed by atoms with van der Waals surface area (Å²) in [5.74, 6) is -0.664. The van der Waals surface area contributed by atoms with Crippen LogP contribution in [0.25, 0.3) is 0 Å². The Morgan fingerprint density at radius 2 is 1.81 bits per heavy atom. The highest BCUT2D eigenvalue weighted by Crippen LogP contribution is 2.26. The largest absolute Gasteiger partial charge is 0.495 e. The van der Waals surface area contributed by atoms with Crippen molar-refractivity contribution in [2.45, 2.75) is 11.3 Å². The van der Waals surface area contributed by atoms with Crippen LogP contribution in [0.4, 0.5) is 5.69 Å². The van der Waals surface area contributed by atoms with E-state index in [9.17, 15) is 18.0 Å². The quantitative estimate of drug-likeness (QED) is 0.639. The number of hydrogen-bond donors (Lipinski definition) is 3. The minimum atomic E-state index is -4.01. The molecule has 2 aromatic carbocycles. The smallest absolute Gasteiger partial charge is 0.251 e. The van der Waals surface area contributed by atoms with Gasteiger partial charge < -0.3 is 15.4 Å². The van der Waals surface area contributed by atoms with Crippen LogP contribution in [-0.2, 0) is 14.8 Å². The summed E-state index contributed by atoms with van der Waals surface area (Å²) in [5, 5.41) is 10.8. The van der Waals surface area contributed by atoms with Gasteiger partial charge in [0, 0.05) is 29.2 Å². The van der Waals surface area contributed by atoms with Gasteiger partial charge in [-0.15, -0.1) is 0 Å². The average molecular weight is 412 g/mol. The zero-order valence-corrected chi connectivity index (χ0v) is 15.9. The molecule has 0 unspecified atom stereocenters. The van der Waals surface area contributed by atoms with Gasteiger partial charge >= 0.3 is 0 Å². The van der Waals surface area contributed by atoms with E-state index in [1.54, 1.807) is 24.3 Å². The topological polar surface area (TPSA) is 128 Å². The number of methoxy groups -OCH3 is 1. The van der Waals surface area contributed by atoms with Crippen molar-refractivity contribution in [1.29, 1.82) is 0 Å². The zero-order valence-electron chi connectivity index (χ0n) is 14.4. The van der Waals surface area contributed by atoms with Crippen molar-refractivity contribution in [2.75, 3.05) is 19.0 Å². The molecule has 10 heteroatoms. The fourth-order valence-corrected chi connectivity index (χ4v) is 3.04. The van der Waals surface area contributed by atoms with Gasteiger partial charge in [0.25, 0.3) is 5.91 Å². The van der Waals surface area contributed by atoms with Crippen LogP contribution in [0.15, 0.2) is 47.4 Å². The fraction of sp³-hybridized carbons (Fsp3) is 0.176. The maximum absolute atomic E-state index is 12.0. The summed E-state index contributed by atoms with van der Waals surface area (Å²) in [6.45, 7) is 0.103. The normalized spacial score (nSPS) is 10.9. The average Bonchev–Trinajstić information content (AvgIpc) is 2.61. The van der Waals surface area contributed by atoms with Crippen molar-refractivity contribution in [1.82, 2.24) is 5.32 Å². The highest BCUT2D eigenvalue weighted by atomic mass is 35.5. The van der Waals surface area contributed by atoms with Gasteiger partial charge in [-0.05, 0) is 42.5 Å². The molecule has 144 valence electrons. The Labute approximate surface area is 161 Å². The van der Waals surface area contributed by atoms with Gasteiger partial charge in [-0.25, -0.2) is 13.6 Å². The molecule has 0 aromatic heterocycles. The number of carbonyl (C=O) groups excluding carboxylic acids is 2. The predicted molar refractivity (Wildman–Crippen MR) is 101 cm³/mol. The van der Waals surface area contributed by atoms with Crippen LogP contribution in [0.1, 0.15) is 16.8 Å². The molecule has 0 saturated carbocycles. The number of amides is 2. The second-order valence-electron chi connectivity index (χ2n) is 5.47. The van der Waals surface area contributed by atoms with Gasteiger partial charge in [0.1, 0.15) is 10.6 Å². The number of sulfonamides is 1. The lowest BCUT2D eigenvalue weighted by molar-refractivity contribution is -0.116. The van der Waals surface area contributed by atoms with Crippen LogP contribution in [0.2, 0.25) is 5.02 Å². The van der Waals surface area contributed by atoms with Crippen molar-refractivity contribution in [3.63, 3.8) is 0 Å².